The minimum atomic E-state index is -0.566. The number of nitrogens with one attached hydrogen (secondary N) is 2. The van der Waals surface area contributed by atoms with Gasteiger partial charge in [0.05, 0.1) is 11.7 Å². The number of carbonyl (C=O) groups is 1. The molecule has 1 unspecified atom stereocenters. The Morgan fingerprint density at radius 2 is 2.13 bits per heavy atom. The Hall–Kier alpha value is -2.11. The van der Waals surface area contributed by atoms with Gasteiger partial charge >= 0.3 is 0 Å². The van der Waals surface area contributed by atoms with E-state index in [4.69, 9.17) is 0 Å². The molecule has 0 bridgehead atoms. The predicted molar refractivity (Wildman–Crippen MR) is 89.3 cm³/mol. The highest BCUT2D eigenvalue weighted by atomic mass is 16.3. The van der Waals surface area contributed by atoms with Crippen LogP contribution in [-0.4, -0.2) is 46.6 Å². The van der Waals surface area contributed by atoms with Gasteiger partial charge in [-0.25, -0.2) is 0 Å². The molecule has 1 aliphatic heterocycles. The van der Waals surface area contributed by atoms with Crippen LogP contribution < -0.4 is 5.32 Å². The zero-order chi connectivity index (χ0) is 16.2. The minimum absolute atomic E-state index is 0.146. The van der Waals surface area contributed by atoms with Crippen LogP contribution in [0, 0.1) is 6.92 Å². The van der Waals surface area contributed by atoms with E-state index in [0.29, 0.717) is 12.1 Å². The molecule has 0 fully saturated rings. The van der Waals surface area contributed by atoms with E-state index in [1.54, 1.807) is 12.3 Å². The average Bonchev–Trinajstić information content (AvgIpc) is 2.98. The van der Waals surface area contributed by atoms with Crippen LogP contribution in [-0.2, 0) is 13.0 Å². The van der Waals surface area contributed by atoms with Crippen LogP contribution in [0.2, 0.25) is 0 Å². The number of rotatable bonds is 5. The third-order valence-corrected chi connectivity index (χ3v) is 4.38. The van der Waals surface area contributed by atoms with Crippen molar-refractivity contribution >= 4 is 5.91 Å². The SMILES string of the molecule is Cc1[nH]ccc1C(=O)NCC(O)CN1CCc2ccccc2C1. The number of fused-ring (bicyclic) bond motifs is 1. The van der Waals surface area contributed by atoms with Crippen molar-refractivity contribution in [3.8, 4) is 0 Å². The van der Waals surface area contributed by atoms with Gasteiger partial charge < -0.3 is 15.4 Å². The fourth-order valence-corrected chi connectivity index (χ4v) is 3.08. The maximum Gasteiger partial charge on any atom is 0.253 e. The molecule has 0 saturated heterocycles. The lowest BCUT2D eigenvalue weighted by molar-refractivity contribution is 0.0841. The highest BCUT2D eigenvalue weighted by Crippen LogP contribution is 2.18. The summed E-state index contributed by atoms with van der Waals surface area (Å²) in [5, 5.41) is 13.0. The standard InChI is InChI=1S/C18H23N3O2/c1-13-17(6-8-19-13)18(23)20-10-16(22)12-21-9-7-14-4-2-3-5-15(14)11-21/h2-6,8,16,19,22H,7,9-12H2,1H3,(H,20,23). The summed E-state index contributed by atoms with van der Waals surface area (Å²) < 4.78 is 0. The third kappa shape index (κ3) is 3.81. The number of H-pyrrole nitrogens is 1. The monoisotopic (exact) mass is 313 g/mol. The van der Waals surface area contributed by atoms with Crippen molar-refractivity contribution < 1.29 is 9.90 Å². The predicted octanol–water partition coefficient (Wildman–Crippen LogP) is 1.47. The quantitative estimate of drug-likeness (QED) is 0.783. The number of aliphatic hydroxyl groups excluding tert-OH is 1. The van der Waals surface area contributed by atoms with E-state index in [9.17, 15) is 9.90 Å². The van der Waals surface area contributed by atoms with Crippen LogP contribution in [0.5, 0.6) is 0 Å². The van der Waals surface area contributed by atoms with E-state index < -0.39 is 6.10 Å². The fraction of sp³-hybridized carbons (Fsp3) is 0.389. The minimum Gasteiger partial charge on any atom is -0.390 e. The van der Waals surface area contributed by atoms with Crippen molar-refractivity contribution in [2.24, 2.45) is 0 Å². The van der Waals surface area contributed by atoms with Crippen LogP contribution in [0.3, 0.4) is 0 Å². The van der Waals surface area contributed by atoms with Gasteiger partial charge in [-0.1, -0.05) is 24.3 Å². The van der Waals surface area contributed by atoms with Gasteiger partial charge in [0.15, 0.2) is 0 Å². The lowest BCUT2D eigenvalue weighted by Gasteiger charge is -2.30. The molecule has 5 nitrogen and oxygen atoms in total. The Labute approximate surface area is 136 Å². The molecule has 1 aromatic carbocycles. The van der Waals surface area contributed by atoms with Crippen molar-refractivity contribution in [1.29, 1.82) is 0 Å². The van der Waals surface area contributed by atoms with E-state index in [2.05, 4.69) is 39.5 Å². The molecular formula is C18H23N3O2. The molecule has 3 N–H and O–H groups in total. The van der Waals surface area contributed by atoms with E-state index in [0.717, 1.165) is 25.2 Å². The normalized spacial score (nSPS) is 15.9. The summed E-state index contributed by atoms with van der Waals surface area (Å²) in [4.78, 5) is 17.2. The number of carbonyl (C=O) groups excluding carboxylic acids is 1. The van der Waals surface area contributed by atoms with Crippen LogP contribution in [0.4, 0.5) is 0 Å². The average molecular weight is 313 g/mol. The topological polar surface area (TPSA) is 68.4 Å². The number of aliphatic hydroxyl groups is 1. The summed E-state index contributed by atoms with van der Waals surface area (Å²) in [5.41, 5.74) is 4.20. The first-order chi connectivity index (χ1) is 11.1. The molecule has 1 aromatic heterocycles. The Balaban J connectivity index is 1.48. The molecule has 2 heterocycles. The number of benzene rings is 1. The zero-order valence-electron chi connectivity index (χ0n) is 13.4. The number of β-amino-alcohol motifs (C(OH)–C–C–N with tert-alkyl or cyclic N) is 1. The summed E-state index contributed by atoms with van der Waals surface area (Å²) in [6.45, 7) is 4.50. The highest BCUT2D eigenvalue weighted by Gasteiger charge is 2.19. The number of aromatic amines is 1. The first-order valence-corrected chi connectivity index (χ1v) is 8.03. The van der Waals surface area contributed by atoms with Gasteiger partial charge in [-0.2, -0.15) is 0 Å². The number of aryl methyl sites for hydroxylation is 1. The van der Waals surface area contributed by atoms with Gasteiger partial charge in [-0.05, 0) is 30.5 Å². The molecule has 1 amide bonds. The second kappa shape index (κ2) is 6.98. The lowest BCUT2D eigenvalue weighted by atomic mass is 10.00. The molecule has 5 heteroatoms. The number of aromatic nitrogens is 1. The molecule has 122 valence electrons. The van der Waals surface area contributed by atoms with Crippen LogP contribution >= 0.6 is 0 Å². The van der Waals surface area contributed by atoms with Gasteiger partial charge in [0.2, 0.25) is 0 Å². The second-order valence-electron chi connectivity index (χ2n) is 6.13. The maximum atomic E-state index is 12.0. The van der Waals surface area contributed by atoms with Crippen molar-refractivity contribution in [1.82, 2.24) is 15.2 Å². The Morgan fingerprint density at radius 3 is 2.87 bits per heavy atom. The fourth-order valence-electron chi connectivity index (χ4n) is 3.08. The smallest absolute Gasteiger partial charge is 0.253 e. The van der Waals surface area contributed by atoms with Crippen molar-refractivity contribution in [3.63, 3.8) is 0 Å². The number of hydrogen-bond donors (Lipinski definition) is 3. The maximum absolute atomic E-state index is 12.0. The largest absolute Gasteiger partial charge is 0.390 e. The van der Waals surface area contributed by atoms with E-state index in [1.165, 1.54) is 11.1 Å². The highest BCUT2D eigenvalue weighted by molar-refractivity contribution is 5.95. The number of nitrogens with zero attached hydrogens (tertiary/aromatic N) is 1. The van der Waals surface area contributed by atoms with Crippen LogP contribution in [0.1, 0.15) is 27.2 Å². The van der Waals surface area contributed by atoms with Crippen molar-refractivity contribution in [2.45, 2.75) is 26.0 Å². The summed E-state index contributed by atoms with van der Waals surface area (Å²) >= 11 is 0. The van der Waals surface area contributed by atoms with Crippen LogP contribution in [0.25, 0.3) is 0 Å². The molecule has 0 aliphatic carbocycles. The second-order valence-corrected chi connectivity index (χ2v) is 6.13. The Morgan fingerprint density at radius 1 is 1.35 bits per heavy atom. The lowest BCUT2D eigenvalue weighted by Crippen LogP contribution is -2.42. The molecule has 2 aromatic rings. The summed E-state index contributed by atoms with van der Waals surface area (Å²) in [6, 6.07) is 10.2. The van der Waals surface area contributed by atoms with E-state index in [-0.39, 0.29) is 12.5 Å². The molecule has 1 aliphatic rings. The molecule has 0 saturated carbocycles. The summed E-state index contributed by atoms with van der Waals surface area (Å²) in [5.74, 6) is -0.146. The zero-order valence-corrected chi connectivity index (χ0v) is 13.4. The molecule has 0 spiro atoms. The Bertz CT molecular complexity index is 680. The van der Waals surface area contributed by atoms with Crippen LogP contribution in [0.15, 0.2) is 36.5 Å². The molecule has 1 atom stereocenters. The summed E-state index contributed by atoms with van der Waals surface area (Å²) in [6.07, 6.45) is 2.19. The van der Waals surface area contributed by atoms with Gasteiger partial charge in [0.25, 0.3) is 5.91 Å². The first kappa shape index (κ1) is 15.8. The molecule has 3 rings (SSSR count). The van der Waals surface area contributed by atoms with Crippen molar-refractivity contribution in [3.05, 3.63) is 58.9 Å². The van der Waals surface area contributed by atoms with Gasteiger partial charge in [0, 0.05) is 38.1 Å². The van der Waals surface area contributed by atoms with Gasteiger partial charge in [-0.15, -0.1) is 0 Å². The molecule has 23 heavy (non-hydrogen) atoms. The summed E-state index contributed by atoms with van der Waals surface area (Å²) in [7, 11) is 0. The van der Waals surface area contributed by atoms with Crippen molar-refractivity contribution in [2.75, 3.05) is 19.6 Å². The van der Waals surface area contributed by atoms with E-state index in [1.807, 2.05) is 6.92 Å². The number of hydrogen-bond acceptors (Lipinski definition) is 3. The Kier molecular flexibility index (Phi) is 4.79. The molecule has 0 radical (unpaired) electrons. The van der Waals surface area contributed by atoms with Gasteiger partial charge in [0.1, 0.15) is 0 Å². The first-order valence-electron chi connectivity index (χ1n) is 8.03. The third-order valence-electron chi connectivity index (χ3n) is 4.38. The van der Waals surface area contributed by atoms with E-state index >= 15 is 0 Å². The molecular weight excluding hydrogens is 290 g/mol. The van der Waals surface area contributed by atoms with Gasteiger partial charge in [-0.3, -0.25) is 9.69 Å². The number of amides is 1.